The van der Waals surface area contributed by atoms with Gasteiger partial charge in [-0.05, 0) is 46.7 Å². The van der Waals surface area contributed by atoms with E-state index >= 15 is 0 Å². The van der Waals surface area contributed by atoms with Crippen molar-refractivity contribution in [3.05, 3.63) is 44.8 Å². The second kappa shape index (κ2) is 8.54. The lowest BCUT2D eigenvalue weighted by Gasteiger charge is -2.38. The third kappa shape index (κ3) is 4.42. The van der Waals surface area contributed by atoms with Crippen molar-refractivity contribution in [2.24, 2.45) is 5.92 Å². The number of piperazine rings is 1. The van der Waals surface area contributed by atoms with E-state index in [0.717, 1.165) is 50.4 Å². The number of carbonyl (C=O) groups excluding carboxylic acids is 2. The average Bonchev–Trinajstić information content (AvgIpc) is 3.42. The zero-order valence-corrected chi connectivity index (χ0v) is 17.0. The van der Waals surface area contributed by atoms with Crippen LogP contribution < -0.4 is 0 Å². The Hall–Kier alpha value is -1.70. The van der Waals surface area contributed by atoms with Crippen molar-refractivity contribution in [2.45, 2.75) is 19.4 Å². The molecule has 0 aliphatic carbocycles. The van der Waals surface area contributed by atoms with Gasteiger partial charge in [-0.3, -0.25) is 14.5 Å². The molecule has 27 heavy (non-hydrogen) atoms. The van der Waals surface area contributed by atoms with E-state index in [1.807, 2.05) is 27.3 Å². The molecule has 0 radical (unpaired) electrons. The first-order valence-corrected chi connectivity index (χ1v) is 11.4. The minimum Gasteiger partial charge on any atom is -0.340 e. The second-order valence-corrected chi connectivity index (χ2v) is 9.00. The van der Waals surface area contributed by atoms with Crippen LogP contribution in [0.4, 0.5) is 0 Å². The zero-order chi connectivity index (χ0) is 18.6. The van der Waals surface area contributed by atoms with Crippen LogP contribution in [0.15, 0.2) is 34.3 Å². The Labute approximate surface area is 168 Å². The Bertz CT molecular complexity index is 744. The van der Waals surface area contributed by atoms with Crippen molar-refractivity contribution in [3.63, 3.8) is 0 Å². The lowest BCUT2D eigenvalue weighted by atomic mass is 9.95. The van der Waals surface area contributed by atoms with Crippen LogP contribution in [0.25, 0.3) is 0 Å². The summed E-state index contributed by atoms with van der Waals surface area (Å²) in [6.07, 6.45) is 1.57. The topological polar surface area (TPSA) is 43.9 Å². The molecule has 0 bridgehead atoms. The van der Waals surface area contributed by atoms with E-state index in [1.165, 1.54) is 16.9 Å². The molecule has 0 N–H and O–H groups in total. The van der Waals surface area contributed by atoms with Gasteiger partial charge in [0.1, 0.15) is 0 Å². The predicted molar refractivity (Wildman–Crippen MR) is 109 cm³/mol. The van der Waals surface area contributed by atoms with Crippen LogP contribution in [-0.2, 0) is 11.3 Å². The van der Waals surface area contributed by atoms with E-state index in [4.69, 9.17) is 0 Å². The lowest BCUT2D eigenvalue weighted by molar-refractivity contribution is -0.138. The van der Waals surface area contributed by atoms with Gasteiger partial charge in [0.2, 0.25) is 5.91 Å². The first-order valence-electron chi connectivity index (χ1n) is 9.56. The number of piperidine rings is 1. The van der Waals surface area contributed by atoms with Gasteiger partial charge in [0.15, 0.2) is 0 Å². The molecular weight excluding hydrogens is 378 g/mol. The third-order valence-corrected chi connectivity index (χ3v) is 7.12. The second-order valence-electron chi connectivity index (χ2n) is 7.28. The monoisotopic (exact) mass is 403 g/mol. The van der Waals surface area contributed by atoms with Crippen LogP contribution in [0.3, 0.4) is 0 Å². The Morgan fingerprint density at radius 3 is 2.37 bits per heavy atom. The Morgan fingerprint density at radius 1 is 0.963 bits per heavy atom. The fraction of sp³-hybridized carbons (Fsp3) is 0.500. The first kappa shape index (κ1) is 18.7. The highest BCUT2D eigenvalue weighted by Gasteiger charge is 2.32. The highest BCUT2D eigenvalue weighted by Crippen LogP contribution is 2.23. The van der Waals surface area contributed by atoms with Crippen molar-refractivity contribution in [2.75, 3.05) is 39.3 Å². The maximum absolute atomic E-state index is 12.9. The fourth-order valence-corrected chi connectivity index (χ4v) is 5.26. The molecule has 2 amide bonds. The molecule has 5 nitrogen and oxygen atoms in total. The van der Waals surface area contributed by atoms with Gasteiger partial charge in [0.05, 0.1) is 4.88 Å². The minimum atomic E-state index is 0.0702. The molecule has 4 rings (SSSR count). The Morgan fingerprint density at radius 2 is 1.74 bits per heavy atom. The first-order chi connectivity index (χ1) is 13.2. The number of carbonyl (C=O) groups is 2. The highest BCUT2D eigenvalue weighted by molar-refractivity contribution is 7.12. The van der Waals surface area contributed by atoms with Crippen LogP contribution in [0, 0.1) is 5.92 Å². The van der Waals surface area contributed by atoms with Crippen LogP contribution in [0.5, 0.6) is 0 Å². The maximum atomic E-state index is 12.9. The van der Waals surface area contributed by atoms with E-state index < -0.39 is 0 Å². The van der Waals surface area contributed by atoms with Gasteiger partial charge in [-0.2, -0.15) is 11.3 Å². The SMILES string of the molecule is O=C(c1cccs1)N1CCC(C(=O)N2CCN(Cc3ccsc3)CC2)CC1. The van der Waals surface area contributed by atoms with Gasteiger partial charge < -0.3 is 9.80 Å². The Kier molecular flexibility index (Phi) is 5.90. The van der Waals surface area contributed by atoms with Crippen LogP contribution in [0.2, 0.25) is 0 Å². The number of likely N-dealkylation sites (tertiary alicyclic amines) is 1. The summed E-state index contributed by atoms with van der Waals surface area (Å²) in [6.45, 7) is 5.87. The van der Waals surface area contributed by atoms with E-state index in [2.05, 4.69) is 21.7 Å². The molecule has 0 spiro atoms. The summed E-state index contributed by atoms with van der Waals surface area (Å²) in [4.78, 5) is 32.5. The maximum Gasteiger partial charge on any atom is 0.263 e. The van der Waals surface area contributed by atoms with Gasteiger partial charge in [0, 0.05) is 51.7 Å². The molecule has 0 aromatic carbocycles. The number of hydrogen-bond acceptors (Lipinski definition) is 5. The van der Waals surface area contributed by atoms with Gasteiger partial charge >= 0.3 is 0 Å². The smallest absolute Gasteiger partial charge is 0.263 e. The summed E-state index contributed by atoms with van der Waals surface area (Å²) in [5.74, 6) is 0.465. The van der Waals surface area contributed by atoms with Crippen molar-refractivity contribution in [1.82, 2.24) is 14.7 Å². The fourth-order valence-electron chi connectivity index (χ4n) is 3.91. The molecule has 0 atom stereocenters. The normalized spacial score (nSPS) is 19.4. The zero-order valence-electron chi connectivity index (χ0n) is 15.4. The molecule has 4 heterocycles. The summed E-state index contributed by atoms with van der Waals surface area (Å²) in [6, 6.07) is 5.96. The number of hydrogen-bond donors (Lipinski definition) is 0. The van der Waals surface area contributed by atoms with Crippen LogP contribution >= 0.6 is 22.7 Å². The highest BCUT2D eigenvalue weighted by atomic mass is 32.1. The quantitative estimate of drug-likeness (QED) is 0.788. The van der Waals surface area contributed by atoms with Crippen LogP contribution in [-0.4, -0.2) is 65.8 Å². The van der Waals surface area contributed by atoms with Crippen molar-refractivity contribution >= 4 is 34.5 Å². The molecule has 0 unspecified atom stereocenters. The number of nitrogens with zero attached hydrogens (tertiary/aromatic N) is 3. The molecule has 2 saturated heterocycles. The molecule has 0 saturated carbocycles. The van der Waals surface area contributed by atoms with Gasteiger partial charge in [0.25, 0.3) is 5.91 Å². The van der Waals surface area contributed by atoms with Crippen molar-refractivity contribution in [3.8, 4) is 0 Å². The van der Waals surface area contributed by atoms with E-state index in [-0.39, 0.29) is 17.7 Å². The molecule has 2 aliphatic rings. The van der Waals surface area contributed by atoms with Gasteiger partial charge in [-0.1, -0.05) is 6.07 Å². The van der Waals surface area contributed by atoms with E-state index in [9.17, 15) is 9.59 Å². The summed E-state index contributed by atoms with van der Waals surface area (Å²) in [5, 5.41) is 6.25. The molecular formula is C20H25N3O2S2. The molecule has 144 valence electrons. The van der Waals surface area contributed by atoms with Gasteiger partial charge in [-0.25, -0.2) is 0 Å². The predicted octanol–water partition coefficient (Wildman–Crippen LogP) is 3.01. The largest absolute Gasteiger partial charge is 0.340 e. The molecule has 7 heteroatoms. The number of amides is 2. The summed E-state index contributed by atoms with van der Waals surface area (Å²) >= 11 is 3.22. The van der Waals surface area contributed by atoms with Crippen molar-refractivity contribution in [1.29, 1.82) is 0 Å². The van der Waals surface area contributed by atoms with E-state index in [0.29, 0.717) is 13.1 Å². The summed E-state index contributed by atoms with van der Waals surface area (Å²) in [5.41, 5.74) is 1.36. The van der Waals surface area contributed by atoms with E-state index in [1.54, 1.807) is 11.3 Å². The van der Waals surface area contributed by atoms with Gasteiger partial charge in [-0.15, -0.1) is 11.3 Å². The van der Waals surface area contributed by atoms with Crippen LogP contribution in [0.1, 0.15) is 28.1 Å². The third-order valence-electron chi connectivity index (χ3n) is 5.53. The molecule has 2 fully saturated rings. The molecule has 2 aromatic heterocycles. The van der Waals surface area contributed by atoms with Crippen molar-refractivity contribution < 1.29 is 9.59 Å². The number of rotatable bonds is 4. The average molecular weight is 404 g/mol. The summed E-state index contributed by atoms with van der Waals surface area (Å²) in [7, 11) is 0. The summed E-state index contributed by atoms with van der Waals surface area (Å²) < 4.78 is 0. The standard InChI is InChI=1S/C20H25N3O2S2/c24-19(23-10-8-21(9-11-23)14-16-5-13-26-15-16)17-3-6-22(7-4-17)20(25)18-2-1-12-27-18/h1-2,5,12-13,15,17H,3-4,6-11,14H2. The molecule has 2 aliphatic heterocycles. The Balaban J connectivity index is 1.23. The minimum absolute atomic E-state index is 0.0702. The molecule has 2 aromatic rings. The lowest BCUT2D eigenvalue weighted by Crippen LogP contribution is -2.51. The number of thiophene rings is 2.